The average molecular weight is 581 g/mol. The number of aromatic hydroxyl groups is 1. The zero-order valence-electron chi connectivity index (χ0n) is 24.3. The lowest BCUT2D eigenvalue weighted by Gasteiger charge is -2.16. The maximum absolute atomic E-state index is 13.5. The third kappa shape index (κ3) is 6.40. The molecule has 0 saturated carbocycles. The summed E-state index contributed by atoms with van der Waals surface area (Å²) >= 11 is 0. The van der Waals surface area contributed by atoms with Gasteiger partial charge in [-0.05, 0) is 72.7 Å². The largest absolute Gasteiger partial charge is 0.494 e. The Morgan fingerprint density at radius 2 is 1.77 bits per heavy atom. The number of amides is 1. The Hall–Kier alpha value is -5.05. The summed E-state index contributed by atoms with van der Waals surface area (Å²) in [5.41, 5.74) is 5.34. The minimum atomic E-state index is -0.564. The minimum Gasteiger partial charge on any atom is -0.494 e. The van der Waals surface area contributed by atoms with Crippen LogP contribution < -0.4 is 5.32 Å². The molecular formula is C34H33FN4O4. The van der Waals surface area contributed by atoms with E-state index in [0.29, 0.717) is 52.7 Å². The Morgan fingerprint density at radius 3 is 2.42 bits per heavy atom. The number of fused-ring (bicyclic) bond motifs is 1. The van der Waals surface area contributed by atoms with E-state index in [1.807, 2.05) is 26.0 Å². The molecule has 0 aliphatic heterocycles. The summed E-state index contributed by atoms with van der Waals surface area (Å²) in [6.07, 6.45) is 4.25. The maximum Gasteiger partial charge on any atom is 0.340 e. The number of carbonyl (C=O) groups is 2. The van der Waals surface area contributed by atoms with Gasteiger partial charge in [0.25, 0.3) is 5.91 Å². The van der Waals surface area contributed by atoms with E-state index >= 15 is 0 Å². The van der Waals surface area contributed by atoms with Gasteiger partial charge in [-0.1, -0.05) is 44.2 Å². The van der Waals surface area contributed by atoms with E-state index in [4.69, 9.17) is 9.72 Å². The number of halogens is 1. The number of H-pyrrole nitrogens is 1. The van der Waals surface area contributed by atoms with Gasteiger partial charge in [0, 0.05) is 35.8 Å². The first-order chi connectivity index (χ1) is 20.8. The number of rotatable bonds is 10. The lowest BCUT2D eigenvalue weighted by atomic mass is 9.92. The Morgan fingerprint density at radius 1 is 1.02 bits per heavy atom. The number of nitrogens with zero attached hydrogens (tertiary/aromatic N) is 2. The molecule has 3 N–H and O–H groups in total. The standard InChI is InChI=1S/C34H33FN4O4/c1-4-43-34(42)28-26(16-9-21-7-14-25(35)15-8-21)38-31-29(33(41)39-30(31)20(2)3)27(28)23-10-12-24(13-11-23)32(40)37-19-22-6-5-17-36-18-22/h5-8,10-15,17-18,20,39,41H,4,9,16,19H2,1-3H3,(H,37,40). The molecular weight excluding hydrogens is 547 g/mol. The highest BCUT2D eigenvalue weighted by molar-refractivity contribution is 6.10. The highest BCUT2D eigenvalue weighted by atomic mass is 19.1. The van der Waals surface area contributed by atoms with Crippen LogP contribution in [0.3, 0.4) is 0 Å². The number of aromatic amines is 1. The zero-order chi connectivity index (χ0) is 30.5. The smallest absolute Gasteiger partial charge is 0.340 e. The second-order valence-corrected chi connectivity index (χ2v) is 10.5. The number of carbonyl (C=O) groups excluding carboxylic acids is 2. The molecule has 3 heterocycles. The fourth-order valence-electron chi connectivity index (χ4n) is 5.11. The fourth-order valence-corrected chi connectivity index (χ4v) is 5.11. The van der Waals surface area contributed by atoms with Gasteiger partial charge in [0.2, 0.25) is 0 Å². The van der Waals surface area contributed by atoms with Crippen LogP contribution in [-0.2, 0) is 24.1 Å². The first-order valence-corrected chi connectivity index (χ1v) is 14.2. The molecule has 0 aliphatic rings. The molecule has 0 saturated heterocycles. The quantitative estimate of drug-likeness (QED) is 0.163. The second-order valence-electron chi connectivity index (χ2n) is 10.5. The molecule has 220 valence electrons. The number of ether oxygens (including phenoxy) is 1. The van der Waals surface area contributed by atoms with Crippen molar-refractivity contribution >= 4 is 22.8 Å². The van der Waals surface area contributed by atoms with Crippen LogP contribution >= 0.6 is 0 Å². The van der Waals surface area contributed by atoms with Gasteiger partial charge >= 0.3 is 5.97 Å². The van der Waals surface area contributed by atoms with E-state index in [-0.39, 0.29) is 35.7 Å². The van der Waals surface area contributed by atoms with Crippen molar-refractivity contribution in [2.75, 3.05) is 6.61 Å². The molecule has 0 atom stereocenters. The SMILES string of the molecule is CCOC(=O)c1c(CCc2ccc(F)cc2)nc2c(C(C)C)[nH]c(O)c2c1-c1ccc(C(=O)NCc2cccnc2)cc1. The molecule has 5 rings (SSSR count). The Labute approximate surface area is 249 Å². The predicted octanol–water partition coefficient (Wildman–Crippen LogP) is 6.48. The van der Waals surface area contributed by atoms with Crippen LogP contribution in [0.4, 0.5) is 4.39 Å². The molecule has 0 unspecified atom stereocenters. The highest BCUT2D eigenvalue weighted by Crippen LogP contribution is 2.41. The molecule has 2 aromatic carbocycles. The van der Waals surface area contributed by atoms with Gasteiger partial charge in [0.05, 0.1) is 28.8 Å². The molecule has 1 amide bonds. The van der Waals surface area contributed by atoms with Gasteiger partial charge in [-0.15, -0.1) is 0 Å². The van der Waals surface area contributed by atoms with Crippen LogP contribution in [0, 0.1) is 5.82 Å². The molecule has 9 heteroatoms. The van der Waals surface area contributed by atoms with E-state index < -0.39 is 5.97 Å². The van der Waals surface area contributed by atoms with Crippen molar-refractivity contribution in [3.63, 3.8) is 0 Å². The summed E-state index contributed by atoms with van der Waals surface area (Å²) in [5.74, 6) is -1.24. The second kappa shape index (κ2) is 12.9. The number of pyridine rings is 2. The summed E-state index contributed by atoms with van der Waals surface area (Å²) in [5, 5.41) is 14.4. The maximum atomic E-state index is 13.5. The molecule has 0 spiro atoms. The van der Waals surface area contributed by atoms with Crippen LogP contribution in [0.1, 0.15) is 69.9 Å². The van der Waals surface area contributed by atoms with E-state index in [9.17, 15) is 19.1 Å². The van der Waals surface area contributed by atoms with Crippen molar-refractivity contribution in [2.45, 2.75) is 46.1 Å². The van der Waals surface area contributed by atoms with E-state index in [1.54, 1.807) is 55.7 Å². The molecule has 0 radical (unpaired) electrons. The van der Waals surface area contributed by atoms with Gasteiger partial charge < -0.3 is 20.1 Å². The fraction of sp³-hybridized carbons (Fsp3) is 0.235. The predicted molar refractivity (Wildman–Crippen MR) is 162 cm³/mol. The molecule has 43 heavy (non-hydrogen) atoms. The third-order valence-electron chi connectivity index (χ3n) is 7.25. The van der Waals surface area contributed by atoms with Crippen molar-refractivity contribution in [3.8, 4) is 17.0 Å². The Bertz CT molecular complexity index is 1750. The Balaban J connectivity index is 1.59. The van der Waals surface area contributed by atoms with E-state index in [2.05, 4.69) is 15.3 Å². The third-order valence-corrected chi connectivity index (χ3v) is 7.25. The van der Waals surface area contributed by atoms with Crippen LogP contribution in [0.2, 0.25) is 0 Å². The normalized spacial score (nSPS) is 11.2. The number of esters is 1. The first-order valence-electron chi connectivity index (χ1n) is 14.2. The minimum absolute atomic E-state index is 0.00743. The van der Waals surface area contributed by atoms with Crippen LogP contribution in [0.5, 0.6) is 5.88 Å². The van der Waals surface area contributed by atoms with Crippen molar-refractivity contribution in [3.05, 3.63) is 113 Å². The first kappa shape index (κ1) is 29.4. The summed E-state index contributed by atoms with van der Waals surface area (Å²) < 4.78 is 19.0. The molecule has 5 aromatic rings. The molecule has 0 fully saturated rings. The number of aryl methyl sites for hydroxylation is 2. The average Bonchev–Trinajstić information content (AvgIpc) is 3.35. The summed E-state index contributed by atoms with van der Waals surface area (Å²) in [7, 11) is 0. The summed E-state index contributed by atoms with van der Waals surface area (Å²) in [6.45, 7) is 6.19. The highest BCUT2D eigenvalue weighted by Gasteiger charge is 2.28. The van der Waals surface area contributed by atoms with Crippen LogP contribution in [0.15, 0.2) is 73.1 Å². The zero-order valence-corrected chi connectivity index (χ0v) is 24.3. The van der Waals surface area contributed by atoms with Crippen molar-refractivity contribution in [2.24, 2.45) is 0 Å². The van der Waals surface area contributed by atoms with Crippen LogP contribution in [-0.4, -0.2) is 38.5 Å². The monoisotopic (exact) mass is 580 g/mol. The van der Waals surface area contributed by atoms with Gasteiger partial charge in [-0.25, -0.2) is 14.2 Å². The lowest BCUT2D eigenvalue weighted by Crippen LogP contribution is -2.22. The Kier molecular flexibility index (Phi) is 8.80. The number of hydrogen-bond acceptors (Lipinski definition) is 6. The van der Waals surface area contributed by atoms with E-state index in [1.165, 1.54) is 12.1 Å². The molecule has 0 bridgehead atoms. The van der Waals surface area contributed by atoms with Gasteiger partial charge in [0.15, 0.2) is 5.88 Å². The summed E-state index contributed by atoms with van der Waals surface area (Å²) in [4.78, 5) is 38.4. The van der Waals surface area contributed by atoms with Gasteiger partial charge in [-0.3, -0.25) is 9.78 Å². The van der Waals surface area contributed by atoms with Crippen LogP contribution in [0.25, 0.3) is 22.0 Å². The molecule has 8 nitrogen and oxygen atoms in total. The van der Waals surface area contributed by atoms with Crippen molar-refractivity contribution < 1.29 is 23.8 Å². The number of hydrogen-bond donors (Lipinski definition) is 3. The van der Waals surface area contributed by atoms with E-state index in [0.717, 1.165) is 16.8 Å². The number of benzene rings is 2. The lowest BCUT2D eigenvalue weighted by molar-refractivity contribution is 0.0525. The van der Waals surface area contributed by atoms with Gasteiger partial charge in [0.1, 0.15) is 5.82 Å². The summed E-state index contributed by atoms with van der Waals surface area (Å²) in [6, 6.07) is 16.8. The number of nitrogens with one attached hydrogen (secondary N) is 2. The molecule has 0 aliphatic carbocycles. The molecule has 3 aromatic heterocycles. The van der Waals surface area contributed by atoms with Gasteiger partial charge in [-0.2, -0.15) is 0 Å². The van der Waals surface area contributed by atoms with Crippen molar-refractivity contribution in [1.29, 1.82) is 0 Å². The number of aromatic nitrogens is 3. The van der Waals surface area contributed by atoms with Crippen molar-refractivity contribution in [1.82, 2.24) is 20.3 Å². The topological polar surface area (TPSA) is 117 Å².